The Hall–Kier alpha value is -2.47. The molecule has 0 fully saturated rings. The van der Waals surface area contributed by atoms with Gasteiger partial charge in [0.2, 0.25) is 0 Å². The fourth-order valence-electron chi connectivity index (χ4n) is 2.57. The Morgan fingerprint density at radius 1 is 0.958 bits per heavy atom. The summed E-state index contributed by atoms with van der Waals surface area (Å²) in [4.78, 5) is 0. The number of hydrogen-bond acceptors (Lipinski definition) is 5. The molecule has 0 amide bonds. The summed E-state index contributed by atoms with van der Waals surface area (Å²) in [5.41, 5.74) is 1.56. The second-order valence-corrected chi connectivity index (χ2v) is 5.38. The van der Waals surface area contributed by atoms with Gasteiger partial charge in [0.25, 0.3) is 0 Å². The maximum Gasteiger partial charge on any atom is 0.163 e. The lowest BCUT2D eigenvalue weighted by Crippen LogP contribution is -2.17. The monoisotopic (exact) mass is 333 g/mol. The van der Waals surface area contributed by atoms with Crippen molar-refractivity contribution in [1.29, 1.82) is 0 Å². The third-order valence-corrected chi connectivity index (χ3v) is 3.80. The van der Waals surface area contributed by atoms with Crippen LogP contribution < -0.4 is 24.3 Å². The standard InChI is InChI=1S/C18H20FNO4/c1-21-16-8-13(14(19)9-17(16)22-2)11-20-10-12-3-4-15-18(7-12)24-6-5-23-15/h3-4,7-9,20H,5-6,10-11H2,1-2H3. The van der Waals surface area contributed by atoms with E-state index < -0.39 is 0 Å². The first kappa shape index (κ1) is 16.4. The van der Waals surface area contributed by atoms with Crippen LogP contribution in [-0.2, 0) is 13.1 Å². The van der Waals surface area contributed by atoms with Crippen molar-refractivity contribution in [1.82, 2.24) is 5.32 Å². The lowest BCUT2D eigenvalue weighted by Gasteiger charge is -2.19. The number of methoxy groups -OCH3 is 2. The number of ether oxygens (including phenoxy) is 4. The Bertz CT molecular complexity index is 720. The quantitative estimate of drug-likeness (QED) is 0.881. The summed E-state index contributed by atoms with van der Waals surface area (Å²) < 4.78 is 35.4. The van der Waals surface area contributed by atoms with Gasteiger partial charge >= 0.3 is 0 Å². The van der Waals surface area contributed by atoms with Gasteiger partial charge in [-0.3, -0.25) is 0 Å². The molecule has 1 heterocycles. The van der Waals surface area contributed by atoms with Crippen molar-refractivity contribution in [2.45, 2.75) is 13.1 Å². The van der Waals surface area contributed by atoms with Crippen molar-refractivity contribution in [2.75, 3.05) is 27.4 Å². The highest BCUT2D eigenvalue weighted by Gasteiger charge is 2.13. The highest BCUT2D eigenvalue weighted by Crippen LogP contribution is 2.31. The Labute approximate surface area is 140 Å². The normalized spacial score (nSPS) is 12.8. The van der Waals surface area contributed by atoms with Gasteiger partial charge in [-0.1, -0.05) is 6.07 Å². The van der Waals surface area contributed by atoms with Gasteiger partial charge < -0.3 is 24.3 Å². The van der Waals surface area contributed by atoms with Gasteiger partial charge in [-0.05, 0) is 23.8 Å². The molecule has 0 unspecified atom stereocenters. The van der Waals surface area contributed by atoms with Crippen LogP contribution in [0.2, 0.25) is 0 Å². The molecule has 24 heavy (non-hydrogen) atoms. The molecule has 1 aliphatic heterocycles. The van der Waals surface area contributed by atoms with E-state index in [1.807, 2.05) is 18.2 Å². The summed E-state index contributed by atoms with van der Waals surface area (Å²) in [5, 5.41) is 3.22. The van der Waals surface area contributed by atoms with Crippen molar-refractivity contribution < 1.29 is 23.3 Å². The molecule has 0 saturated carbocycles. The van der Waals surface area contributed by atoms with Crippen molar-refractivity contribution >= 4 is 0 Å². The van der Waals surface area contributed by atoms with Crippen LogP contribution in [0.4, 0.5) is 4.39 Å². The van der Waals surface area contributed by atoms with Crippen molar-refractivity contribution in [3.05, 3.63) is 47.3 Å². The Kier molecular flexibility index (Phi) is 5.05. The molecule has 0 bridgehead atoms. The number of rotatable bonds is 6. The molecule has 0 radical (unpaired) electrons. The minimum absolute atomic E-state index is 0.331. The predicted molar refractivity (Wildman–Crippen MR) is 87.5 cm³/mol. The SMILES string of the molecule is COc1cc(F)c(CNCc2ccc3c(c2)OCCO3)cc1OC. The molecular weight excluding hydrogens is 313 g/mol. The summed E-state index contributed by atoms with van der Waals surface area (Å²) in [6.07, 6.45) is 0. The average molecular weight is 333 g/mol. The summed E-state index contributed by atoms with van der Waals surface area (Å²) in [5.74, 6) is 2.07. The third-order valence-electron chi connectivity index (χ3n) is 3.80. The molecule has 0 saturated heterocycles. The van der Waals surface area contributed by atoms with E-state index in [2.05, 4.69) is 5.32 Å². The van der Waals surface area contributed by atoms with Crippen LogP contribution in [0.5, 0.6) is 23.0 Å². The molecule has 0 aromatic heterocycles. The molecule has 3 rings (SSSR count). The fourth-order valence-corrected chi connectivity index (χ4v) is 2.57. The molecule has 2 aromatic carbocycles. The zero-order valence-electron chi connectivity index (χ0n) is 13.7. The van der Waals surface area contributed by atoms with Gasteiger partial charge in [-0.2, -0.15) is 0 Å². The minimum atomic E-state index is -0.331. The zero-order valence-corrected chi connectivity index (χ0v) is 13.7. The van der Waals surface area contributed by atoms with E-state index in [4.69, 9.17) is 18.9 Å². The molecule has 0 spiro atoms. The van der Waals surface area contributed by atoms with E-state index in [1.165, 1.54) is 20.3 Å². The second-order valence-electron chi connectivity index (χ2n) is 5.38. The van der Waals surface area contributed by atoms with Gasteiger partial charge in [0.15, 0.2) is 23.0 Å². The first-order valence-electron chi connectivity index (χ1n) is 7.71. The number of nitrogens with one attached hydrogen (secondary N) is 1. The Balaban J connectivity index is 1.64. The smallest absolute Gasteiger partial charge is 0.163 e. The molecule has 6 heteroatoms. The lowest BCUT2D eigenvalue weighted by molar-refractivity contribution is 0.171. The van der Waals surface area contributed by atoms with Crippen molar-refractivity contribution in [3.8, 4) is 23.0 Å². The fraction of sp³-hybridized carbons (Fsp3) is 0.333. The summed E-state index contributed by atoms with van der Waals surface area (Å²) >= 11 is 0. The van der Waals surface area contributed by atoms with Gasteiger partial charge in [0, 0.05) is 24.7 Å². The van der Waals surface area contributed by atoms with Gasteiger partial charge in [0.05, 0.1) is 14.2 Å². The highest BCUT2D eigenvalue weighted by atomic mass is 19.1. The molecule has 1 aliphatic rings. The number of halogens is 1. The van der Waals surface area contributed by atoms with E-state index in [9.17, 15) is 4.39 Å². The molecule has 0 atom stereocenters. The summed E-state index contributed by atoms with van der Waals surface area (Å²) in [7, 11) is 3.01. The second kappa shape index (κ2) is 7.40. The number of benzene rings is 2. The van der Waals surface area contributed by atoms with E-state index in [-0.39, 0.29) is 5.82 Å². The van der Waals surface area contributed by atoms with E-state index in [1.54, 1.807) is 6.07 Å². The van der Waals surface area contributed by atoms with Crippen LogP contribution in [0, 0.1) is 5.82 Å². The van der Waals surface area contributed by atoms with E-state index in [0.717, 1.165) is 17.1 Å². The molecule has 0 aliphatic carbocycles. The maximum atomic E-state index is 14.1. The Morgan fingerprint density at radius 2 is 1.67 bits per heavy atom. The maximum absolute atomic E-state index is 14.1. The minimum Gasteiger partial charge on any atom is -0.493 e. The molecule has 128 valence electrons. The third kappa shape index (κ3) is 3.54. The molecule has 2 aromatic rings. The van der Waals surface area contributed by atoms with Crippen LogP contribution in [0.3, 0.4) is 0 Å². The predicted octanol–water partition coefficient (Wildman–Crippen LogP) is 2.90. The highest BCUT2D eigenvalue weighted by molar-refractivity contribution is 5.45. The van der Waals surface area contributed by atoms with E-state index >= 15 is 0 Å². The lowest BCUT2D eigenvalue weighted by atomic mass is 10.1. The first-order valence-corrected chi connectivity index (χ1v) is 7.71. The van der Waals surface area contributed by atoms with Gasteiger partial charge in [-0.25, -0.2) is 4.39 Å². The number of fused-ring (bicyclic) bond motifs is 1. The van der Waals surface area contributed by atoms with Crippen LogP contribution in [0.25, 0.3) is 0 Å². The molecule has 5 nitrogen and oxygen atoms in total. The zero-order chi connectivity index (χ0) is 16.9. The van der Waals surface area contributed by atoms with Crippen molar-refractivity contribution in [2.24, 2.45) is 0 Å². The van der Waals surface area contributed by atoms with E-state index in [0.29, 0.717) is 43.4 Å². The van der Waals surface area contributed by atoms with Crippen LogP contribution >= 0.6 is 0 Å². The van der Waals surface area contributed by atoms with Gasteiger partial charge in [0.1, 0.15) is 19.0 Å². The van der Waals surface area contributed by atoms with Gasteiger partial charge in [-0.15, -0.1) is 0 Å². The first-order chi connectivity index (χ1) is 11.7. The Morgan fingerprint density at radius 3 is 2.42 bits per heavy atom. The molecular formula is C18H20FNO4. The summed E-state index contributed by atoms with van der Waals surface area (Å²) in [6, 6.07) is 8.77. The molecule has 1 N–H and O–H groups in total. The van der Waals surface area contributed by atoms with Crippen LogP contribution in [0.1, 0.15) is 11.1 Å². The van der Waals surface area contributed by atoms with Crippen molar-refractivity contribution in [3.63, 3.8) is 0 Å². The summed E-state index contributed by atoms with van der Waals surface area (Å²) in [6.45, 7) is 2.09. The number of hydrogen-bond donors (Lipinski definition) is 1. The van der Waals surface area contributed by atoms with Crippen LogP contribution in [-0.4, -0.2) is 27.4 Å². The topological polar surface area (TPSA) is 49.0 Å². The van der Waals surface area contributed by atoms with Crippen LogP contribution in [0.15, 0.2) is 30.3 Å². The average Bonchev–Trinajstić information content (AvgIpc) is 2.62. The largest absolute Gasteiger partial charge is 0.493 e.